The van der Waals surface area contributed by atoms with Crippen LogP contribution in [-0.4, -0.2) is 30.1 Å². The van der Waals surface area contributed by atoms with Crippen molar-refractivity contribution in [2.75, 3.05) is 20.1 Å². The molecule has 100 valence electrons. The third-order valence-electron chi connectivity index (χ3n) is 4.61. The summed E-state index contributed by atoms with van der Waals surface area (Å²) in [7, 11) is 2.23. The molecule has 2 nitrogen and oxygen atoms in total. The molecule has 2 aliphatic rings. The number of aromatic hydroxyl groups is 1. The van der Waals surface area contributed by atoms with Crippen LogP contribution in [0.1, 0.15) is 30.9 Å². The van der Waals surface area contributed by atoms with E-state index in [4.69, 9.17) is 0 Å². The second kappa shape index (κ2) is 4.86. The molecule has 1 saturated heterocycles. The van der Waals surface area contributed by atoms with Crippen molar-refractivity contribution in [3.8, 4) is 5.75 Å². The second-order valence-electron chi connectivity index (χ2n) is 6.19. The molecule has 0 amide bonds. The zero-order chi connectivity index (χ0) is 12.0. The van der Waals surface area contributed by atoms with Gasteiger partial charge in [0.25, 0.3) is 0 Å². The SMILES string of the molecule is Br.CN1CC[C@]2(C)CC(Cc3ccc(O)cc32)C1. The molecule has 1 fully saturated rings. The molecular weight excluding hydrogens is 290 g/mol. The quantitative estimate of drug-likeness (QED) is 0.795. The summed E-state index contributed by atoms with van der Waals surface area (Å²) in [6.45, 7) is 4.76. The van der Waals surface area contributed by atoms with Gasteiger partial charge in [0, 0.05) is 6.54 Å². The highest BCUT2D eigenvalue weighted by Gasteiger charge is 2.39. The Bertz CT molecular complexity index is 448. The van der Waals surface area contributed by atoms with Crippen molar-refractivity contribution in [1.82, 2.24) is 4.90 Å². The summed E-state index contributed by atoms with van der Waals surface area (Å²) >= 11 is 0. The van der Waals surface area contributed by atoms with Crippen LogP contribution in [0, 0.1) is 5.92 Å². The van der Waals surface area contributed by atoms with E-state index in [-0.39, 0.29) is 22.4 Å². The highest BCUT2D eigenvalue weighted by molar-refractivity contribution is 8.93. The van der Waals surface area contributed by atoms with Gasteiger partial charge < -0.3 is 10.0 Å². The molecule has 1 aliphatic carbocycles. The molecule has 3 rings (SSSR count). The molecule has 0 radical (unpaired) electrons. The van der Waals surface area contributed by atoms with Crippen molar-refractivity contribution in [3.63, 3.8) is 0 Å². The normalized spacial score (nSPS) is 31.1. The minimum atomic E-state index is 0. The molecule has 1 aromatic rings. The van der Waals surface area contributed by atoms with Gasteiger partial charge >= 0.3 is 0 Å². The van der Waals surface area contributed by atoms with E-state index in [1.54, 1.807) is 0 Å². The zero-order valence-corrected chi connectivity index (χ0v) is 12.9. The van der Waals surface area contributed by atoms with E-state index in [2.05, 4.69) is 24.9 Å². The molecule has 1 heterocycles. The van der Waals surface area contributed by atoms with Crippen LogP contribution >= 0.6 is 17.0 Å². The zero-order valence-electron chi connectivity index (χ0n) is 11.1. The number of phenolic OH excluding ortho intramolecular Hbond substituents is 1. The first-order valence-electron chi connectivity index (χ1n) is 6.58. The molecule has 18 heavy (non-hydrogen) atoms. The summed E-state index contributed by atoms with van der Waals surface area (Å²) in [5.41, 5.74) is 3.11. The predicted molar refractivity (Wildman–Crippen MR) is 79.7 cm³/mol. The minimum absolute atomic E-state index is 0. The van der Waals surface area contributed by atoms with E-state index in [0.717, 1.165) is 5.92 Å². The number of rotatable bonds is 0. The van der Waals surface area contributed by atoms with Crippen molar-refractivity contribution in [3.05, 3.63) is 29.3 Å². The van der Waals surface area contributed by atoms with E-state index in [1.807, 2.05) is 12.1 Å². The van der Waals surface area contributed by atoms with Crippen LogP contribution in [0.2, 0.25) is 0 Å². The standard InChI is InChI=1S/C15H21NO.BrH/c1-15-5-6-16(2)10-11(9-15)7-12-3-4-13(17)8-14(12)15;/h3-4,8,11,17H,5-7,9-10H2,1-2H3;1H/t11?,15-;/m1./s1. The van der Waals surface area contributed by atoms with E-state index >= 15 is 0 Å². The Morgan fingerprint density at radius 3 is 2.94 bits per heavy atom. The third kappa shape index (κ3) is 2.30. The van der Waals surface area contributed by atoms with Gasteiger partial charge in [-0.25, -0.2) is 0 Å². The van der Waals surface area contributed by atoms with E-state index in [9.17, 15) is 5.11 Å². The first kappa shape index (κ1) is 13.9. The number of phenols is 1. The molecule has 1 aliphatic heterocycles. The van der Waals surface area contributed by atoms with Gasteiger partial charge in [0.15, 0.2) is 0 Å². The lowest BCUT2D eigenvalue weighted by molar-refractivity contribution is 0.289. The van der Waals surface area contributed by atoms with Crippen LogP contribution in [0.3, 0.4) is 0 Å². The Balaban J connectivity index is 0.00000120. The monoisotopic (exact) mass is 311 g/mol. The van der Waals surface area contributed by atoms with Gasteiger partial charge in [0.2, 0.25) is 0 Å². The van der Waals surface area contributed by atoms with Gasteiger partial charge in [-0.15, -0.1) is 17.0 Å². The van der Waals surface area contributed by atoms with Crippen LogP contribution in [0.25, 0.3) is 0 Å². The summed E-state index contributed by atoms with van der Waals surface area (Å²) in [4.78, 5) is 2.46. The maximum Gasteiger partial charge on any atom is 0.115 e. The largest absolute Gasteiger partial charge is 0.508 e. The second-order valence-corrected chi connectivity index (χ2v) is 6.19. The molecule has 2 bridgehead atoms. The molecular formula is C15H22BrNO. The van der Waals surface area contributed by atoms with Crippen molar-refractivity contribution in [2.45, 2.75) is 31.6 Å². The maximum absolute atomic E-state index is 9.71. The smallest absolute Gasteiger partial charge is 0.115 e. The summed E-state index contributed by atoms with van der Waals surface area (Å²) in [6.07, 6.45) is 3.65. The molecule has 3 heteroatoms. The highest BCUT2D eigenvalue weighted by atomic mass is 79.9. The fourth-order valence-corrected chi connectivity index (χ4v) is 3.77. The molecule has 2 atom stereocenters. The molecule has 0 saturated carbocycles. The van der Waals surface area contributed by atoms with E-state index in [1.165, 1.54) is 43.5 Å². The van der Waals surface area contributed by atoms with Crippen LogP contribution < -0.4 is 0 Å². The lowest BCUT2D eigenvalue weighted by Crippen LogP contribution is -2.32. The van der Waals surface area contributed by atoms with Gasteiger partial charge in [-0.1, -0.05) is 13.0 Å². The summed E-state index contributed by atoms with van der Waals surface area (Å²) in [6, 6.07) is 5.96. The molecule has 1 unspecified atom stereocenters. The number of likely N-dealkylation sites (tertiary alicyclic amines) is 1. The number of halogens is 1. The van der Waals surface area contributed by atoms with E-state index < -0.39 is 0 Å². The maximum atomic E-state index is 9.71. The first-order chi connectivity index (χ1) is 8.07. The summed E-state index contributed by atoms with van der Waals surface area (Å²) < 4.78 is 0. The topological polar surface area (TPSA) is 23.5 Å². The highest BCUT2D eigenvalue weighted by Crippen LogP contribution is 2.45. The minimum Gasteiger partial charge on any atom is -0.508 e. The Morgan fingerprint density at radius 2 is 2.17 bits per heavy atom. The molecule has 1 aromatic carbocycles. The molecule has 0 spiro atoms. The number of hydrogen-bond acceptors (Lipinski definition) is 2. The van der Waals surface area contributed by atoms with Crippen molar-refractivity contribution in [1.29, 1.82) is 0 Å². The van der Waals surface area contributed by atoms with Gasteiger partial charge in [-0.2, -0.15) is 0 Å². The number of nitrogens with zero attached hydrogens (tertiary/aromatic N) is 1. The van der Waals surface area contributed by atoms with Crippen LogP contribution in [0.5, 0.6) is 5.75 Å². The Morgan fingerprint density at radius 1 is 1.39 bits per heavy atom. The van der Waals surface area contributed by atoms with Crippen LogP contribution in [0.4, 0.5) is 0 Å². The predicted octanol–water partition coefficient (Wildman–Crippen LogP) is 3.13. The molecule has 0 aromatic heterocycles. The third-order valence-corrected chi connectivity index (χ3v) is 4.61. The van der Waals surface area contributed by atoms with Gasteiger partial charge in [0.05, 0.1) is 0 Å². The number of fused-ring (bicyclic) bond motifs is 4. The van der Waals surface area contributed by atoms with Gasteiger partial charge in [-0.3, -0.25) is 0 Å². The summed E-state index contributed by atoms with van der Waals surface area (Å²) in [5.74, 6) is 1.20. The Hall–Kier alpha value is -0.540. The van der Waals surface area contributed by atoms with E-state index in [0.29, 0.717) is 5.75 Å². The van der Waals surface area contributed by atoms with Crippen LogP contribution in [0.15, 0.2) is 18.2 Å². The van der Waals surface area contributed by atoms with Crippen molar-refractivity contribution < 1.29 is 5.11 Å². The Labute approximate surface area is 120 Å². The van der Waals surface area contributed by atoms with Gasteiger partial charge in [0.1, 0.15) is 5.75 Å². The summed E-state index contributed by atoms with van der Waals surface area (Å²) in [5, 5.41) is 9.71. The lowest BCUT2D eigenvalue weighted by atomic mass is 9.66. The van der Waals surface area contributed by atoms with Crippen molar-refractivity contribution >= 4 is 17.0 Å². The average Bonchev–Trinajstić information content (AvgIpc) is 2.39. The number of benzene rings is 1. The van der Waals surface area contributed by atoms with Crippen LogP contribution in [-0.2, 0) is 11.8 Å². The lowest BCUT2D eigenvalue weighted by Gasteiger charge is -2.38. The first-order valence-corrected chi connectivity index (χ1v) is 6.58. The fourth-order valence-electron chi connectivity index (χ4n) is 3.77. The Kier molecular flexibility index (Phi) is 3.75. The van der Waals surface area contributed by atoms with Gasteiger partial charge in [-0.05, 0) is 67.4 Å². The fraction of sp³-hybridized carbons (Fsp3) is 0.600. The average molecular weight is 312 g/mol. The number of hydrogen-bond donors (Lipinski definition) is 1. The molecule has 1 N–H and O–H groups in total. The van der Waals surface area contributed by atoms with Crippen molar-refractivity contribution in [2.24, 2.45) is 5.92 Å².